The first-order valence-corrected chi connectivity index (χ1v) is 5.59. The molecule has 0 aliphatic carbocycles. The molecule has 1 amide bonds. The lowest BCUT2D eigenvalue weighted by Gasteiger charge is -2.16. The van der Waals surface area contributed by atoms with Crippen LogP contribution < -0.4 is 4.90 Å². The molecule has 0 radical (unpaired) electrons. The van der Waals surface area contributed by atoms with E-state index in [0.717, 1.165) is 5.69 Å². The van der Waals surface area contributed by atoms with Crippen molar-refractivity contribution in [3.05, 3.63) is 24.3 Å². The van der Waals surface area contributed by atoms with Gasteiger partial charge in [0.05, 0.1) is 5.75 Å². The zero-order valence-electron chi connectivity index (χ0n) is 8.23. The highest BCUT2D eigenvalue weighted by atomic mass is 32.2. The predicted octanol–water partition coefficient (Wildman–Crippen LogP) is 1.72. The van der Waals surface area contributed by atoms with E-state index in [9.17, 15) is 4.79 Å². The Kier molecular flexibility index (Phi) is 3.83. The van der Waals surface area contributed by atoms with Crippen molar-refractivity contribution < 1.29 is 9.90 Å². The van der Waals surface area contributed by atoms with Crippen molar-refractivity contribution in [2.24, 2.45) is 0 Å². The molecule has 0 bridgehead atoms. The van der Waals surface area contributed by atoms with Gasteiger partial charge in [0, 0.05) is 12.7 Å². The zero-order valence-corrected chi connectivity index (χ0v) is 9.04. The van der Waals surface area contributed by atoms with E-state index in [1.807, 2.05) is 6.26 Å². The van der Waals surface area contributed by atoms with Gasteiger partial charge >= 0.3 is 0 Å². The van der Waals surface area contributed by atoms with E-state index in [0.29, 0.717) is 5.75 Å². The topological polar surface area (TPSA) is 40.5 Å². The van der Waals surface area contributed by atoms with Crippen LogP contribution in [0.4, 0.5) is 5.69 Å². The minimum Gasteiger partial charge on any atom is -0.508 e. The number of anilines is 1. The fraction of sp³-hybridized carbons (Fsp3) is 0.300. The van der Waals surface area contributed by atoms with Crippen LogP contribution in [0.5, 0.6) is 5.75 Å². The van der Waals surface area contributed by atoms with Crippen LogP contribution in [-0.4, -0.2) is 30.1 Å². The van der Waals surface area contributed by atoms with E-state index in [1.165, 1.54) is 11.8 Å². The van der Waals surface area contributed by atoms with Crippen LogP contribution in [0.25, 0.3) is 0 Å². The van der Waals surface area contributed by atoms with E-state index < -0.39 is 0 Å². The fourth-order valence-corrected chi connectivity index (χ4v) is 1.48. The fourth-order valence-electron chi connectivity index (χ4n) is 1.04. The Morgan fingerprint density at radius 2 is 2.00 bits per heavy atom. The van der Waals surface area contributed by atoms with E-state index in [2.05, 4.69) is 0 Å². The number of amides is 1. The van der Waals surface area contributed by atoms with E-state index in [1.54, 1.807) is 36.2 Å². The summed E-state index contributed by atoms with van der Waals surface area (Å²) in [5.74, 6) is 0.736. The van der Waals surface area contributed by atoms with Crippen molar-refractivity contribution in [2.75, 3.05) is 24.0 Å². The molecule has 0 spiro atoms. The summed E-state index contributed by atoms with van der Waals surface area (Å²) >= 11 is 1.50. The van der Waals surface area contributed by atoms with Gasteiger partial charge < -0.3 is 10.0 Å². The Morgan fingerprint density at radius 3 is 2.50 bits per heavy atom. The lowest BCUT2D eigenvalue weighted by Crippen LogP contribution is -2.27. The number of nitrogens with zero attached hydrogens (tertiary/aromatic N) is 1. The molecule has 1 N–H and O–H groups in total. The molecule has 0 unspecified atom stereocenters. The second kappa shape index (κ2) is 4.91. The molecule has 4 heteroatoms. The molecule has 0 fully saturated rings. The van der Waals surface area contributed by atoms with Gasteiger partial charge in [0.25, 0.3) is 0 Å². The number of phenolic OH excluding ortho intramolecular Hbond substituents is 1. The van der Waals surface area contributed by atoms with Crippen molar-refractivity contribution in [1.29, 1.82) is 0 Å². The maximum Gasteiger partial charge on any atom is 0.236 e. The molecule has 1 aromatic carbocycles. The smallest absolute Gasteiger partial charge is 0.236 e. The third-order valence-corrected chi connectivity index (χ3v) is 2.41. The standard InChI is InChI=1S/C10H13NO2S/c1-11(10(13)7-14-2)8-3-5-9(12)6-4-8/h3-6,12H,7H2,1-2H3. The molecule has 0 aliphatic rings. The number of phenols is 1. The first-order chi connectivity index (χ1) is 6.65. The highest BCUT2D eigenvalue weighted by molar-refractivity contribution is 7.99. The van der Waals surface area contributed by atoms with Crippen LogP contribution in [0.3, 0.4) is 0 Å². The first kappa shape index (κ1) is 10.9. The highest BCUT2D eigenvalue weighted by Gasteiger charge is 2.09. The average Bonchev–Trinajstić information content (AvgIpc) is 2.18. The Bertz CT molecular complexity index is 310. The molecule has 14 heavy (non-hydrogen) atoms. The lowest BCUT2D eigenvalue weighted by molar-refractivity contribution is -0.115. The largest absolute Gasteiger partial charge is 0.508 e. The van der Waals surface area contributed by atoms with E-state index in [4.69, 9.17) is 5.11 Å². The minimum absolute atomic E-state index is 0.0585. The van der Waals surface area contributed by atoms with E-state index in [-0.39, 0.29) is 11.7 Å². The number of aromatic hydroxyl groups is 1. The lowest BCUT2D eigenvalue weighted by atomic mass is 10.3. The van der Waals surface area contributed by atoms with Crippen LogP contribution in [0.2, 0.25) is 0 Å². The summed E-state index contributed by atoms with van der Waals surface area (Å²) in [4.78, 5) is 13.1. The molecule has 3 nitrogen and oxygen atoms in total. The second-order valence-electron chi connectivity index (χ2n) is 2.90. The summed E-state index contributed by atoms with van der Waals surface area (Å²) in [6.45, 7) is 0. The van der Waals surface area contributed by atoms with Crippen LogP contribution in [-0.2, 0) is 4.79 Å². The summed E-state index contributed by atoms with van der Waals surface area (Å²) < 4.78 is 0. The molecule has 0 saturated heterocycles. The zero-order chi connectivity index (χ0) is 10.6. The van der Waals surface area contributed by atoms with Crippen molar-refractivity contribution in [3.63, 3.8) is 0 Å². The number of rotatable bonds is 3. The summed E-state index contributed by atoms with van der Waals surface area (Å²) in [6, 6.07) is 6.57. The Labute approximate surface area is 87.7 Å². The second-order valence-corrected chi connectivity index (χ2v) is 3.77. The maximum absolute atomic E-state index is 11.5. The van der Waals surface area contributed by atoms with Gasteiger partial charge in [-0.1, -0.05) is 0 Å². The third-order valence-electron chi connectivity index (χ3n) is 1.88. The van der Waals surface area contributed by atoms with Crippen molar-refractivity contribution in [1.82, 2.24) is 0 Å². The highest BCUT2D eigenvalue weighted by Crippen LogP contribution is 2.17. The van der Waals surface area contributed by atoms with Crippen molar-refractivity contribution >= 4 is 23.4 Å². The van der Waals surface area contributed by atoms with Crippen molar-refractivity contribution in [2.45, 2.75) is 0 Å². The molecule has 0 heterocycles. The van der Waals surface area contributed by atoms with Crippen LogP contribution in [0.15, 0.2) is 24.3 Å². The Morgan fingerprint density at radius 1 is 1.43 bits per heavy atom. The summed E-state index contributed by atoms with van der Waals surface area (Å²) in [7, 11) is 1.73. The minimum atomic E-state index is 0.0585. The molecular weight excluding hydrogens is 198 g/mol. The monoisotopic (exact) mass is 211 g/mol. The molecule has 0 atom stereocenters. The molecule has 76 valence electrons. The summed E-state index contributed by atoms with van der Waals surface area (Å²) in [6.07, 6.45) is 1.89. The number of hydrogen-bond donors (Lipinski definition) is 1. The normalized spacial score (nSPS) is 9.86. The Hall–Kier alpha value is -1.16. The quantitative estimate of drug-likeness (QED) is 0.827. The van der Waals surface area contributed by atoms with Crippen LogP contribution in [0, 0.1) is 0 Å². The number of thioether (sulfide) groups is 1. The molecule has 1 aromatic rings. The van der Waals surface area contributed by atoms with Crippen molar-refractivity contribution in [3.8, 4) is 5.75 Å². The molecule has 0 aromatic heterocycles. The predicted molar refractivity (Wildman–Crippen MR) is 59.9 cm³/mol. The number of benzene rings is 1. The summed E-state index contributed by atoms with van der Waals surface area (Å²) in [5, 5.41) is 9.07. The summed E-state index contributed by atoms with van der Waals surface area (Å²) in [5.41, 5.74) is 0.793. The van der Waals surface area contributed by atoms with Gasteiger partial charge in [-0.05, 0) is 30.5 Å². The number of hydrogen-bond acceptors (Lipinski definition) is 3. The van der Waals surface area contributed by atoms with Gasteiger partial charge in [0.2, 0.25) is 5.91 Å². The van der Waals surface area contributed by atoms with Gasteiger partial charge in [-0.15, -0.1) is 0 Å². The van der Waals surface area contributed by atoms with E-state index >= 15 is 0 Å². The molecule has 0 saturated carbocycles. The van der Waals surface area contributed by atoms with Gasteiger partial charge in [0.15, 0.2) is 0 Å². The number of carbonyl (C=O) groups excluding carboxylic acids is 1. The SMILES string of the molecule is CSCC(=O)N(C)c1ccc(O)cc1. The van der Waals surface area contributed by atoms with Gasteiger partial charge in [-0.3, -0.25) is 4.79 Å². The Balaban J connectivity index is 2.73. The first-order valence-electron chi connectivity index (χ1n) is 4.19. The third kappa shape index (κ3) is 2.67. The molecule has 0 aliphatic heterocycles. The molecule has 1 rings (SSSR count). The average molecular weight is 211 g/mol. The van der Waals surface area contributed by atoms with Gasteiger partial charge in [-0.25, -0.2) is 0 Å². The molecular formula is C10H13NO2S. The van der Waals surface area contributed by atoms with Gasteiger partial charge in [0.1, 0.15) is 5.75 Å². The maximum atomic E-state index is 11.5. The van der Waals surface area contributed by atoms with Gasteiger partial charge in [-0.2, -0.15) is 11.8 Å². The number of carbonyl (C=O) groups is 1. The van der Waals surface area contributed by atoms with Crippen LogP contribution in [0.1, 0.15) is 0 Å². The van der Waals surface area contributed by atoms with Crippen LogP contribution >= 0.6 is 11.8 Å².